The van der Waals surface area contributed by atoms with Gasteiger partial charge in [0.05, 0.1) is 12.5 Å². The zero-order valence-corrected chi connectivity index (χ0v) is 7.82. The Morgan fingerprint density at radius 2 is 1.31 bits per heavy atom. The van der Waals surface area contributed by atoms with Gasteiger partial charge in [0.15, 0.2) is 0 Å². The molecule has 0 bridgehead atoms. The highest BCUT2D eigenvalue weighted by atomic mass is 16.6. The first-order valence-corrected chi connectivity index (χ1v) is 5.02. The molecule has 13 heavy (non-hydrogen) atoms. The summed E-state index contributed by atoms with van der Waals surface area (Å²) in [4.78, 5) is 0. The second-order valence-electron chi connectivity index (χ2n) is 3.78. The maximum Gasteiger partial charge on any atom is 0.575 e. The van der Waals surface area contributed by atoms with Gasteiger partial charge in [-0.15, -0.1) is 0 Å². The highest BCUT2D eigenvalue weighted by Crippen LogP contribution is 2.30. The molecule has 70 valence electrons. The second kappa shape index (κ2) is 4.40. The molecule has 0 aromatic carbocycles. The van der Waals surface area contributed by atoms with Crippen molar-refractivity contribution in [1.82, 2.24) is 0 Å². The predicted molar refractivity (Wildman–Crippen MR) is 53.0 cm³/mol. The molecule has 2 fully saturated rings. The van der Waals surface area contributed by atoms with E-state index in [2.05, 4.69) is 12.2 Å². The molecule has 2 aliphatic rings. The first kappa shape index (κ1) is 8.73. The molecule has 0 atom stereocenters. The summed E-state index contributed by atoms with van der Waals surface area (Å²) >= 11 is 0. The molecule has 0 N–H and O–H groups in total. The fourth-order valence-corrected chi connectivity index (χ4v) is 1.03. The van der Waals surface area contributed by atoms with Crippen LogP contribution in [-0.4, -0.2) is 7.69 Å². The summed E-state index contributed by atoms with van der Waals surface area (Å²) in [5, 5.41) is 0. The minimum Gasteiger partial charge on any atom is -0.535 e. The standard InChI is InChI=1S/C10H15BO2/c1-2-9(1)5-7-12-11-13-8-6-10-3-4-10/h5-11H,1-4H2. The summed E-state index contributed by atoms with van der Waals surface area (Å²) in [6.07, 6.45) is 13.0. The molecule has 2 nitrogen and oxygen atoms in total. The Bertz CT molecular complexity index is 183. The van der Waals surface area contributed by atoms with Crippen molar-refractivity contribution in [2.45, 2.75) is 25.7 Å². The van der Waals surface area contributed by atoms with Gasteiger partial charge in [-0.05, 0) is 49.7 Å². The van der Waals surface area contributed by atoms with Crippen LogP contribution in [0.3, 0.4) is 0 Å². The van der Waals surface area contributed by atoms with Gasteiger partial charge in [-0.1, -0.05) is 0 Å². The van der Waals surface area contributed by atoms with Gasteiger partial charge >= 0.3 is 7.69 Å². The van der Waals surface area contributed by atoms with Crippen LogP contribution in [0.2, 0.25) is 0 Å². The Morgan fingerprint density at radius 1 is 0.846 bits per heavy atom. The van der Waals surface area contributed by atoms with Gasteiger partial charge in [-0.25, -0.2) is 0 Å². The normalized spacial score (nSPS) is 22.5. The van der Waals surface area contributed by atoms with Crippen molar-refractivity contribution >= 4 is 7.69 Å². The van der Waals surface area contributed by atoms with E-state index in [0.717, 1.165) is 11.8 Å². The lowest BCUT2D eigenvalue weighted by Gasteiger charge is -1.96. The smallest absolute Gasteiger partial charge is 0.535 e. The van der Waals surface area contributed by atoms with Crippen molar-refractivity contribution < 1.29 is 9.31 Å². The predicted octanol–water partition coefficient (Wildman–Crippen LogP) is 2.13. The molecular formula is C10H15BO2. The first-order valence-electron chi connectivity index (χ1n) is 5.02. The van der Waals surface area contributed by atoms with E-state index in [1.807, 2.05) is 0 Å². The Labute approximate surface area is 79.9 Å². The van der Waals surface area contributed by atoms with Crippen molar-refractivity contribution in [1.29, 1.82) is 0 Å². The molecule has 0 amide bonds. The number of rotatable bonds is 6. The van der Waals surface area contributed by atoms with Crippen LogP contribution in [-0.2, 0) is 9.31 Å². The van der Waals surface area contributed by atoms with Crippen molar-refractivity contribution in [3.05, 3.63) is 24.7 Å². The minimum absolute atomic E-state index is 0.340. The summed E-state index contributed by atoms with van der Waals surface area (Å²) in [6, 6.07) is 0. The third-order valence-electron chi connectivity index (χ3n) is 2.27. The molecule has 0 spiro atoms. The topological polar surface area (TPSA) is 18.5 Å². The van der Waals surface area contributed by atoms with E-state index in [1.165, 1.54) is 25.7 Å². The van der Waals surface area contributed by atoms with Crippen LogP contribution in [0.15, 0.2) is 24.7 Å². The number of hydrogen-bond donors (Lipinski definition) is 0. The molecule has 0 aromatic rings. The summed E-state index contributed by atoms with van der Waals surface area (Å²) in [6.45, 7) is 0. The van der Waals surface area contributed by atoms with Gasteiger partial charge in [-0.2, -0.15) is 0 Å². The average molecular weight is 178 g/mol. The lowest BCUT2D eigenvalue weighted by molar-refractivity contribution is 0.373. The van der Waals surface area contributed by atoms with E-state index >= 15 is 0 Å². The SMILES string of the molecule is B(OC=CC1CC1)OC=CC1CC1. The number of hydrogen-bond acceptors (Lipinski definition) is 2. The molecule has 0 aromatic heterocycles. The highest BCUT2D eigenvalue weighted by molar-refractivity contribution is 6.18. The van der Waals surface area contributed by atoms with E-state index < -0.39 is 0 Å². The fraction of sp³-hybridized carbons (Fsp3) is 0.600. The molecule has 0 unspecified atom stereocenters. The third kappa shape index (κ3) is 4.06. The molecular weight excluding hydrogens is 163 g/mol. The highest BCUT2D eigenvalue weighted by Gasteiger charge is 2.17. The Hall–Kier alpha value is -0.855. The fourth-order valence-electron chi connectivity index (χ4n) is 1.03. The molecule has 0 saturated heterocycles. The van der Waals surface area contributed by atoms with Crippen molar-refractivity contribution in [2.24, 2.45) is 11.8 Å². The largest absolute Gasteiger partial charge is 0.575 e. The van der Waals surface area contributed by atoms with Crippen molar-refractivity contribution in [2.75, 3.05) is 0 Å². The lowest BCUT2D eigenvalue weighted by atomic mass is 10.4. The Balaban J connectivity index is 1.43. The first-order chi connectivity index (χ1) is 6.45. The van der Waals surface area contributed by atoms with Gasteiger partial charge in [0.1, 0.15) is 0 Å². The van der Waals surface area contributed by atoms with E-state index in [4.69, 9.17) is 9.31 Å². The zero-order valence-electron chi connectivity index (χ0n) is 7.82. The summed E-state index contributed by atoms with van der Waals surface area (Å²) in [7, 11) is 0.340. The van der Waals surface area contributed by atoms with Crippen molar-refractivity contribution in [3.63, 3.8) is 0 Å². The van der Waals surface area contributed by atoms with E-state index in [0.29, 0.717) is 7.69 Å². The van der Waals surface area contributed by atoms with Crippen LogP contribution in [0.5, 0.6) is 0 Å². The van der Waals surface area contributed by atoms with Crippen LogP contribution in [0.1, 0.15) is 25.7 Å². The summed E-state index contributed by atoms with van der Waals surface area (Å²) in [5.41, 5.74) is 0. The van der Waals surface area contributed by atoms with Gasteiger partial charge in [0.2, 0.25) is 0 Å². The second-order valence-corrected chi connectivity index (χ2v) is 3.78. The Kier molecular flexibility index (Phi) is 2.96. The van der Waals surface area contributed by atoms with Crippen LogP contribution >= 0.6 is 0 Å². The molecule has 2 saturated carbocycles. The van der Waals surface area contributed by atoms with Crippen LogP contribution < -0.4 is 0 Å². The van der Waals surface area contributed by atoms with Gasteiger partial charge in [-0.3, -0.25) is 0 Å². The van der Waals surface area contributed by atoms with E-state index in [1.54, 1.807) is 12.5 Å². The van der Waals surface area contributed by atoms with Gasteiger partial charge in [0, 0.05) is 0 Å². The van der Waals surface area contributed by atoms with Crippen molar-refractivity contribution in [3.8, 4) is 0 Å². The third-order valence-corrected chi connectivity index (χ3v) is 2.27. The molecule has 2 rings (SSSR count). The summed E-state index contributed by atoms with van der Waals surface area (Å²) in [5.74, 6) is 1.56. The zero-order chi connectivity index (χ0) is 8.93. The molecule has 0 heterocycles. The molecule has 3 heteroatoms. The molecule has 0 aliphatic heterocycles. The average Bonchev–Trinajstić information content (AvgIpc) is 2.99. The van der Waals surface area contributed by atoms with E-state index in [9.17, 15) is 0 Å². The monoisotopic (exact) mass is 178 g/mol. The molecule has 0 radical (unpaired) electrons. The summed E-state index contributed by atoms with van der Waals surface area (Å²) < 4.78 is 10.3. The van der Waals surface area contributed by atoms with Crippen LogP contribution in [0.4, 0.5) is 0 Å². The van der Waals surface area contributed by atoms with Gasteiger partial charge in [0.25, 0.3) is 0 Å². The van der Waals surface area contributed by atoms with Crippen LogP contribution in [0, 0.1) is 11.8 Å². The molecule has 2 aliphatic carbocycles. The maximum atomic E-state index is 5.13. The number of allylic oxidation sites excluding steroid dienone is 2. The quantitative estimate of drug-likeness (QED) is 0.352. The minimum atomic E-state index is 0.340. The van der Waals surface area contributed by atoms with Crippen LogP contribution in [0.25, 0.3) is 0 Å². The van der Waals surface area contributed by atoms with E-state index in [-0.39, 0.29) is 0 Å². The van der Waals surface area contributed by atoms with Gasteiger partial charge < -0.3 is 9.31 Å². The maximum absolute atomic E-state index is 5.13. The Morgan fingerprint density at radius 3 is 1.69 bits per heavy atom. The lowest BCUT2D eigenvalue weighted by Crippen LogP contribution is -1.94.